The van der Waals surface area contributed by atoms with Crippen molar-refractivity contribution in [1.82, 2.24) is 5.32 Å². The van der Waals surface area contributed by atoms with Crippen molar-refractivity contribution in [2.24, 2.45) is 0 Å². The zero-order chi connectivity index (χ0) is 15.2. The van der Waals surface area contributed by atoms with Crippen molar-refractivity contribution >= 4 is 10.8 Å². The highest BCUT2D eigenvalue weighted by Gasteiger charge is 2.29. The molecule has 3 heteroatoms. The summed E-state index contributed by atoms with van der Waals surface area (Å²) in [6.45, 7) is 7.29. The summed E-state index contributed by atoms with van der Waals surface area (Å²) in [7, 11) is -0.751. The number of rotatable bonds is 6. The van der Waals surface area contributed by atoms with Gasteiger partial charge < -0.3 is 5.32 Å². The highest BCUT2D eigenvalue weighted by molar-refractivity contribution is 7.86. The van der Waals surface area contributed by atoms with Crippen LogP contribution in [0.15, 0.2) is 24.3 Å². The molecule has 0 spiro atoms. The van der Waals surface area contributed by atoms with E-state index in [9.17, 15) is 4.21 Å². The third-order valence-electron chi connectivity index (χ3n) is 4.58. The van der Waals surface area contributed by atoms with E-state index in [2.05, 4.69) is 50.4 Å². The standard InChI is InChI=1S/C18H29NOS/c1-4-19-18(16-12-10-14(2)11-13-16)15(3)21(20)17-8-6-5-7-9-17/h10-13,15,17-19H,4-9H2,1-3H3. The van der Waals surface area contributed by atoms with Gasteiger partial charge in [-0.1, -0.05) is 56.0 Å². The van der Waals surface area contributed by atoms with Gasteiger partial charge in [-0.15, -0.1) is 0 Å². The molecule has 0 aliphatic heterocycles. The average molecular weight is 308 g/mol. The highest BCUT2D eigenvalue weighted by Crippen LogP contribution is 2.29. The second-order valence-electron chi connectivity index (χ2n) is 6.24. The van der Waals surface area contributed by atoms with Gasteiger partial charge in [0, 0.05) is 22.1 Å². The van der Waals surface area contributed by atoms with E-state index in [4.69, 9.17) is 0 Å². The summed E-state index contributed by atoms with van der Waals surface area (Å²) in [4.78, 5) is 0. The van der Waals surface area contributed by atoms with Crippen LogP contribution in [0.5, 0.6) is 0 Å². The highest BCUT2D eigenvalue weighted by atomic mass is 32.2. The first kappa shape index (κ1) is 16.7. The lowest BCUT2D eigenvalue weighted by atomic mass is 10.0. The molecule has 0 amide bonds. The van der Waals surface area contributed by atoms with Gasteiger partial charge in [0.1, 0.15) is 0 Å². The molecule has 1 aromatic rings. The number of hydrogen-bond donors (Lipinski definition) is 1. The van der Waals surface area contributed by atoms with E-state index in [1.807, 2.05) is 0 Å². The molecule has 1 saturated carbocycles. The van der Waals surface area contributed by atoms with Gasteiger partial charge in [-0.05, 0) is 38.8 Å². The fraction of sp³-hybridized carbons (Fsp3) is 0.667. The van der Waals surface area contributed by atoms with E-state index in [0.717, 1.165) is 19.4 Å². The lowest BCUT2D eigenvalue weighted by Crippen LogP contribution is -2.37. The Morgan fingerprint density at radius 2 is 1.81 bits per heavy atom. The van der Waals surface area contributed by atoms with Crippen LogP contribution < -0.4 is 5.32 Å². The minimum atomic E-state index is -0.751. The molecule has 1 aliphatic rings. The monoisotopic (exact) mass is 307 g/mol. The average Bonchev–Trinajstić information content (AvgIpc) is 2.53. The molecule has 3 unspecified atom stereocenters. The number of hydrogen-bond acceptors (Lipinski definition) is 2. The lowest BCUT2D eigenvalue weighted by Gasteiger charge is -2.30. The first-order valence-corrected chi connectivity index (χ1v) is 9.60. The molecule has 1 fully saturated rings. The van der Waals surface area contributed by atoms with Gasteiger partial charge in [0.15, 0.2) is 0 Å². The van der Waals surface area contributed by atoms with Crippen LogP contribution in [0.1, 0.15) is 63.1 Å². The van der Waals surface area contributed by atoms with Crippen molar-refractivity contribution in [3.8, 4) is 0 Å². The van der Waals surface area contributed by atoms with Crippen molar-refractivity contribution in [2.75, 3.05) is 6.54 Å². The molecule has 0 bridgehead atoms. The number of nitrogens with one attached hydrogen (secondary N) is 1. The summed E-state index contributed by atoms with van der Waals surface area (Å²) >= 11 is 0. The van der Waals surface area contributed by atoms with Crippen molar-refractivity contribution < 1.29 is 4.21 Å². The van der Waals surface area contributed by atoms with E-state index in [-0.39, 0.29) is 11.3 Å². The van der Waals surface area contributed by atoms with Crippen LogP contribution in [0.2, 0.25) is 0 Å². The largest absolute Gasteiger partial charge is 0.309 e. The topological polar surface area (TPSA) is 29.1 Å². The Balaban J connectivity index is 2.12. The van der Waals surface area contributed by atoms with Gasteiger partial charge in [0.2, 0.25) is 0 Å². The predicted octanol–water partition coefficient (Wildman–Crippen LogP) is 4.12. The van der Waals surface area contributed by atoms with Gasteiger partial charge in [0.25, 0.3) is 0 Å². The minimum absolute atomic E-state index is 0.163. The third-order valence-corrected chi connectivity index (χ3v) is 6.71. The summed E-state index contributed by atoms with van der Waals surface area (Å²) in [5.41, 5.74) is 2.54. The molecular weight excluding hydrogens is 278 g/mol. The molecular formula is C18H29NOS. The van der Waals surface area contributed by atoms with Gasteiger partial charge in [-0.3, -0.25) is 4.21 Å². The van der Waals surface area contributed by atoms with Crippen LogP contribution in [0, 0.1) is 6.92 Å². The second-order valence-corrected chi connectivity index (χ2v) is 8.31. The summed E-state index contributed by atoms with van der Waals surface area (Å²) in [6.07, 6.45) is 6.10. The SMILES string of the molecule is CCNC(c1ccc(C)cc1)C(C)S(=O)C1CCCCC1. The van der Waals surface area contributed by atoms with Gasteiger partial charge in [0.05, 0.1) is 5.25 Å². The predicted molar refractivity (Wildman–Crippen MR) is 92.1 cm³/mol. The first-order valence-electron chi connectivity index (χ1n) is 8.32. The molecule has 1 aliphatic carbocycles. The molecule has 2 nitrogen and oxygen atoms in total. The smallest absolute Gasteiger partial charge is 0.0517 e. The molecule has 1 N–H and O–H groups in total. The molecule has 0 aromatic heterocycles. The Kier molecular flexibility index (Phi) is 6.43. The fourth-order valence-electron chi connectivity index (χ4n) is 3.28. The maximum Gasteiger partial charge on any atom is 0.0517 e. The second kappa shape index (κ2) is 8.09. The number of benzene rings is 1. The molecule has 3 atom stereocenters. The first-order chi connectivity index (χ1) is 10.1. The molecule has 0 heterocycles. The van der Waals surface area contributed by atoms with E-state index in [1.54, 1.807) is 0 Å². The van der Waals surface area contributed by atoms with Gasteiger partial charge >= 0.3 is 0 Å². The van der Waals surface area contributed by atoms with Crippen LogP contribution in [0.25, 0.3) is 0 Å². The fourth-order valence-corrected chi connectivity index (χ4v) is 5.21. The Morgan fingerprint density at radius 1 is 1.19 bits per heavy atom. The van der Waals surface area contributed by atoms with Crippen LogP contribution in [0.4, 0.5) is 0 Å². The van der Waals surface area contributed by atoms with Crippen LogP contribution >= 0.6 is 0 Å². The molecule has 1 aromatic carbocycles. The van der Waals surface area contributed by atoms with Gasteiger partial charge in [-0.25, -0.2) is 0 Å². The molecule has 21 heavy (non-hydrogen) atoms. The summed E-state index contributed by atoms with van der Waals surface area (Å²) in [5, 5.41) is 4.11. The summed E-state index contributed by atoms with van der Waals surface area (Å²) in [5.74, 6) is 0. The van der Waals surface area contributed by atoms with E-state index in [0.29, 0.717) is 5.25 Å². The molecule has 0 saturated heterocycles. The van der Waals surface area contributed by atoms with Crippen molar-refractivity contribution in [2.45, 2.75) is 69.4 Å². The Bertz CT molecular complexity index is 451. The lowest BCUT2D eigenvalue weighted by molar-refractivity contribution is 0.489. The minimum Gasteiger partial charge on any atom is -0.309 e. The Labute approximate surface area is 132 Å². The quantitative estimate of drug-likeness (QED) is 0.856. The van der Waals surface area contributed by atoms with Crippen molar-refractivity contribution in [3.63, 3.8) is 0 Å². The van der Waals surface area contributed by atoms with Crippen LogP contribution in [0.3, 0.4) is 0 Å². The van der Waals surface area contributed by atoms with Gasteiger partial charge in [-0.2, -0.15) is 0 Å². The van der Waals surface area contributed by atoms with Crippen molar-refractivity contribution in [1.29, 1.82) is 0 Å². The summed E-state index contributed by atoms with van der Waals surface area (Å²) in [6, 6.07) is 8.85. The third kappa shape index (κ3) is 4.40. The molecule has 0 radical (unpaired) electrons. The normalized spacial score (nSPS) is 20.9. The Hall–Kier alpha value is -0.670. The van der Waals surface area contributed by atoms with E-state index < -0.39 is 10.8 Å². The van der Waals surface area contributed by atoms with Crippen LogP contribution in [-0.2, 0) is 10.8 Å². The Morgan fingerprint density at radius 3 is 2.38 bits per heavy atom. The zero-order valence-electron chi connectivity index (χ0n) is 13.6. The molecule has 118 valence electrons. The zero-order valence-corrected chi connectivity index (χ0v) is 14.4. The number of aryl methyl sites for hydroxylation is 1. The molecule has 2 rings (SSSR count). The van der Waals surface area contributed by atoms with Crippen LogP contribution in [-0.4, -0.2) is 21.3 Å². The van der Waals surface area contributed by atoms with E-state index >= 15 is 0 Å². The van der Waals surface area contributed by atoms with Crippen molar-refractivity contribution in [3.05, 3.63) is 35.4 Å². The maximum absolute atomic E-state index is 12.9. The van der Waals surface area contributed by atoms with E-state index in [1.165, 1.54) is 30.4 Å². The maximum atomic E-state index is 12.9. The summed E-state index contributed by atoms with van der Waals surface area (Å²) < 4.78 is 12.9.